The van der Waals surface area contributed by atoms with E-state index in [0.29, 0.717) is 23.9 Å². The van der Waals surface area contributed by atoms with E-state index in [2.05, 4.69) is 36.4 Å². The van der Waals surface area contributed by atoms with Gasteiger partial charge in [-0.3, -0.25) is 0 Å². The highest BCUT2D eigenvalue weighted by Crippen LogP contribution is 2.14. The van der Waals surface area contributed by atoms with Crippen LogP contribution in [-0.2, 0) is 6.54 Å². The normalized spacial score (nSPS) is 10.1. The van der Waals surface area contributed by atoms with Crippen LogP contribution in [0.5, 0.6) is 0 Å². The van der Waals surface area contributed by atoms with E-state index in [1.54, 1.807) is 35.3 Å². The maximum atomic E-state index is 8.78. The van der Waals surface area contributed by atoms with Gasteiger partial charge in [0.15, 0.2) is 5.82 Å². The fraction of sp³-hybridized carbons (Fsp3) is 0.0769. The average Bonchev–Trinajstić information content (AvgIpc) is 3.00. The number of rotatable bonds is 4. The molecule has 0 saturated heterocycles. The van der Waals surface area contributed by atoms with E-state index < -0.39 is 0 Å². The molecule has 0 aliphatic heterocycles. The van der Waals surface area contributed by atoms with Gasteiger partial charge in [0.2, 0.25) is 11.9 Å². The summed E-state index contributed by atoms with van der Waals surface area (Å²) in [7, 11) is 0. The van der Waals surface area contributed by atoms with E-state index in [1.807, 2.05) is 0 Å². The summed E-state index contributed by atoms with van der Waals surface area (Å²) < 4.78 is 1.58. The second-order valence-corrected chi connectivity index (χ2v) is 4.34. The van der Waals surface area contributed by atoms with E-state index in [9.17, 15) is 0 Å². The predicted octanol–water partition coefficient (Wildman–Crippen LogP) is 0.709. The topological polar surface area (TPSA) is 131 Å². The Balaban J connectivity index is 1.81. The van der Waals surface area contributed by atoms with Crippen molar-refractivity contribution in [3.05, 3.63) is 48.3 Å². The van der Waals surface area contributed by atoms with Gasteiger partial charge in [-0.1, -0.05) is 0 Å². The highest BCUT2D eigenvalue weighted by molar-refractivity contribution is 5.55. The lowest BCUT2D eigenvalue weighted by Crippen LogP contribution is -2.10. The first-order valence-electron chi connectivity index (χ1n) is 6.33. The van der Waals surface area contributed by atoms with Gasteiger partial charge in [0.25, 0.3) is 0 Å². The summed E-state index contributed by atoms with van der Waals surface area (Å²) in [5.74, 6) is 0.905. The Kier molecular flexibility index (Phi) is 3.57. The molecule has 1 aromatic carbocycles. The fourth-order valence-electron chi connectivity index (χ4n) is 1.78. The summed E-state index contributed by atoms with van der Waals surface area (Å²) in [6.45, 7) is 0.342. The zero-order valence-corrected chi connectivity index (χ0v) is 11.4. The first-order chi connectivity index (χ1) is 10.7. The molecule has 0 unspecified atom stereocenters. The van der Waals surface area contributed by atoms with Crippen LogP contribution in [0.2, 0.25) is 0 Å². The summed E-state index contributed by atoms with van der Waals surface area (Å²) in [6.07, 6.45) is 2.99. The molecule has 3 N–H and O–H groups in total. The Morgan fingerprint density at radius 3 is 2.68 bits per heavy atom. The SMILES string of the molecule is N#Cc1ccc(Nc2nc(N)nc(Cn3cncn3)n2)cc1. The minimum absolute atomic E-state index is 0.112. The van der Waals surface area contributed by atoms with E-state index in [1.165, 1.54) is 6.33 Å². The van der Waals surface area contributed by atoms with Crippen molar-refractivity contribution in [1.82, 2.24) is 29.7 Å². The average molecular weight is 293 g/mol. The van der Waals surface area contributed by atoms with Gasteiger partial charge in [-0.25, -0.2) is 9.67 Å². The summed E-state index contributed by atoms with van der Waals surface area (Å²) in [6, 6.07) is 8.97. The zero-order valence-electron chi connectivity index (χ0n) is 11.4. The van der Waals surface area contributed by atoms with Gasteiger partial charge >= 0.3 is 0 Å². The Hall–Kier alpha value is -3.54. The summed E-state index contributed by atoms with van der Waals surface area (Å²) in [4.78, 5) is 16.2. The molecule has 2 heterocycles. The van der Waals surface area contributed by atoms with Crippen molar-refractivity contribution < 1.29 is 0 Å². The second-order valence-electron chi connectivity index (χ2n) is 4.34. The third-order valence-corrected chi connectivity index (χ3v) is 2.74. The number of nitrogen functional groups attached to an aromatic ring is 1. The van der Waals surface area contributed by atoms with Crippen molar-refractivity contribution in [3.8, 4) is 6.07 Å². The van der Waals surface area contributed by atoms with Crippen molar-refractivity contribution in [2.45, 2.75) is 6.54 Å². The van der Waals surface area contributed by atoms with Crippen molar-refractivity contribution >= 4 is 17.6 Å². The van der Waals surface area contributed by atoms with Gasteiger partial charge in [-0.15, -0.1) is 0 Å². The molecule has 0 saturated carbocycles. The largest absolute Gasteiger partial charge is 0.368 e. The van der Waals surface area contributed by atoms with Gasteiger partial charge < -0.3 is 11.1 Å². The first-order valence-corrected chi connectivity index (χ1v) is 6.33. The van der Waals surface area contributed by atoms with Crippen molar-refractivity contribution in [1.29, 1.82) is 5.26 Å². The Bertz CT molecular complexity index is 803. The predicted molar refractivity (Wildman–Crippen MR) is 77.8 cm³/mol. The van der Waals surface area contributed by atoms with Crippen LogP contribution in [0.15, 0.2) is 36.9 Å². The van der Waals surface area contributed by atoms with Crippen molar-refractivity contribution in [2.75, 3.05) is 11.1 Å². The zero-order chi connectivity index (χ0) is 15.4. The third-order valence-electron chi connectivity index (χ3n) is 2.74. The minimum Gasteiger partial charge on any atom is -0.368 e. The number of benzene rings is 1. The highest BCUT2D eigenvalue weighted by Gasteiger charge is 2.06. The Labute approximate surface area is 125 Å². The maximum Gasteiger partial charge on any atom is 0.232 e. The van der Waals surface area contributed by atoms with Crippen LogP contribution in [0.1, 0.15) is 11.4 Å². The number of hydrogen-bond donors (Lipinski definition) is 2. The Morgan fingerprint density at radius 2 is 2.00 bits per heavy atom. The molecule has 9 heteroatoms. The second kappa shape index (κ2) is 5.84. The molecule has 3 rings (SSSR count). The van der Waals surface area contributed by atoms with Crippen molar-refractivity contribution in [2.24, 2.45) is 0 Å². The molecule has 9 nitrogen and oxygen atoms in total. The molecule has 3 aromatic rings. The van der Waals surface area contributed by atoms with E-state index in [-0.39, 0.29) is 5.95 Å². The van der Waals surface area contributed by atoms with Gasteiger partial charge in [-0.05, 0) is 24.3 Å². The van der Waals surface area contributed by atoms with E-state index in [0.717, 1.165) is 5.69 Å². The van der Waals surface area contributed by atoms with E-state index >= 15 is 0 Å². The van der Waals surface area contributed by atoms with Crippen LogP contribution in [0, 0.1) is 11.3 Å². The third kappa shape index (κ3) is 3.13. The van der Waals surface area contributed by atoms with E-state index in [4.69, 9.17) is 11.0 Å². The van der Waals surface area contributed by atoms with Gasteiger partial charge in [-0.2, -0.15) is 25.3 Å². The minimum atomic E-state index is 0.112. The first kappa shape index (κ1) is 13.4. The molecule has 2 aromatic heterocycles. The summed E-state index contributed by atoms with van der Waals surface area (Å²) in [5, 5.41) is 15.8. The summed E-state index contributed by atoms with van der Waals surface area (Å²) in [5.41, 5.74) is 7.02. The van der Waals surface area contributed by atoms with Crippen LogP contribution >= 0.6 is 0 Å². The van der Waals surface area contributed by atoms with Crippen molar-refractivity contribution in [3.63, 3.8) is 0 Å². The molecular formula is C13H11N9. The lowest BCUT2D eigenvalue weighted by molar-refractivity contribution is 0.652. The number of nitrogens with two attached hydrogens (primary N) is 1. The number of nitrogens with zero attached hydrogens (tertiary/aromatic N) is 7. The van der Waals surface area contributed by atoms with Crippen LogP contribution in [-0.4, -0.2) is 29.7 Å². The lowest BCUT2D eigenvalue weighted by Gasteiger charge is -2.07. The number of hydrogen-bond acceptors (Lipinski definition) is 8. The molecule has 0 atom stereocenters. The lowest BCUT2D eigenvalue weighted by atomic mass is 10.2. The monoisotopic (exact) mass is 293 g/mol. The Morgan fingerprint density at radius 1 is 1.18 bits per heavy atom. The molecule has 0 spiro atoms. The molecule has 0 fully saturated rings. The molecule has 0 bridgehead atoms. The molecule has 0 aliphatic carbocycles. The maximum absolute atomic E-state index is 8.78. The molecule has 22 heavy (non-hydrogen) atoms. The number of nitrogens with one attached hydrogen (secondary N) is 1. The quantitative estimate of drug-likeness (QED) is 0.718. The number of aromatic nitrogens is 6. The smallest absolute Gasteiger partial charge is 0.232 e. The summed E-state index contributed by atoms with van der Waals surface area (Å²) >= 11 is 0. The number of nitriles is 1. The standard InChI is InChI=1S/C13H11N9/c14-5-9-1-3-10(4-2-9)18-13-20-11(19-12(15)21-13)6-22-8-16-7-17-22/h1-4,7-8H,6H2,(H3,15,18,19,20,21). The fourth-order valence-corrected chi connectivity index (χ4v) is 1.78. The molecule has 0 aliphatic rings. The molecule has 108 valence electrons. The molecule has 0 radical (unpaired) electrons. The molecule has 0 amide bonds. The molecular weight excluding hydrogens is 282 g/mol. The highest BCUT2D eigenvalue weighted by atomic mass is 15.3. The van der Waals surface area contributed by atoms with Crippen LogP contribution in [0.4, 0.5) is 17.6 Å². The van der Waals surface area contributed by atoms with Gasteiger partial charge in [0, 0.05) is 5.69 Å². The van der Waals surface area contributed by atoms with Crippen LogP contribution in [0.3, 0.4) is 0 Å². The van der Waals surface area contributed by atoms with Crippen LogP contribution < -0.4 is 11.1 Å². The van der Waals surface area contributed by atoms with Gasteiger partial charge in [0.1, 0.15) is 19.2 Å². The van der Waals surface area contributed by atoms with Gasteiger partial charge in [0.05, 0.1) is 11.6 Å². The van der Waals surface area contributed by atoms with Crippen LogP contribution in [0.25, 0.3) is 0 Å². The number of anilines is 3.